The highest BCUT2D eigenvalue weighted by Crippen LogP contribution is 2.23. The summed E-state index contributed by atoms with van der Waals surface area (Å²) in [5.74, 6) is 1.09. The fourth-order valence-electron chi connectivity index (χ4n) is 2.79. The van der Waals surface area contributed by atoms with Gasteiger partial charge >= 0.3 is 0 Å². The lowest BCUT2D eigenvalue weighted by Gasteiger charge is -2.26. The molecule has 2 N–H and O–H groups in total. The van der Waals surface area contributed by atoms with Crippen molar-refractivity contribution in [2.45, 2.75) is 12.6 Å². The van der Waals surface area contributed by atoms with Crippen LogP contribution in [0.15, 0.2) is 42.5 Å². The Bertz CT molecular complexity index is 817. The van der Waals surface area contributed by atoms with Gasteiger partial charge in [0.15, 0.2) is 5.82 Å². The maximum atomic E-state index is 13.8. The molecule has 3 rings (SSSR count). The third kappa shape index (κ3) is 3.25. The number of para-hydroxylation sites is 1. The minimum Gasteiger partial charge on any atom is -0.497 e. The maximum Gasteiger partial charge on any atom is 0.151 e. The molecule has 0 aliphatic heterocycles. The summed E-state index contributed by atoms with van der Waals surface area (Å²) in [6, 6.07) is 12.2. The predicted molar refractivity (Wildman–Crippen MR) is 90.3 cm³/mol. The first-order chi connectivity index (χ1) is 11.6. The lowest BCUT2D eigenvalue weighted by atomic mass is 10.1. The van der Waals surface area contributed by atoms with Gasteiger partial charge in [0.05, 0.1) is 31.8 Å². The molecule has 5 nitrogen and oxygen atoms in total. The normalized spacial score (nSPS) is 12.7. The number of methoxy groups -OCH3 is 1. The quantitative estimate of drug-likeness (QED) is 0.730. The van der Waals surface area contributed by atoms with Crippen LogP contribution < -0.4 is 4.74 Å². The van der Waals surface area contributed by atoms with E-state index in [1.165, 1.54) is 6.07 Å². The van der Waals surface area contributed by atoms with Crippen LogP contribution in [0, 0.1) is 5.82 Å². The molecule has 1 unspecified atom stereocenters. The maximum absolute atomic E-state index is 13.8. The second kappa shape index (κ2) is 6.98. The van der Waals surface area contributed by atoms with Crippen LogP contribution in [0.3, 0.4) is 0 Å². The van der Waals surface area contributed by atoms with Crippen molar-refractivity contribution >= 4 is 11.0 Å². The van der Waals surface area contributed by atoms with E-state index in [2.05, 4.69) is 9.97 Å². The van der Waals surface area contributed by atoms with Crippen molar-refractivity contribution in [2.24, 2.45) is 0 Å². The van der Waals surface area contributed by atoms with Crippen molar-refractivity contribution < 1.29 is 14.2 Å². The molecule has 1 atom stereocenters. The van der Waals surface area contributed by atoms with Crippen LogP contribution in [0.2, 0.25) is 0 Å². The van der Waals surface area contributed by atoms with Gasteiger partial charge in [-0.05, 0) is 36.9 Å². The Balaban J connectivity index is 1.79. The summed E-state index contributed by atoms with van der Waals surface area (Å²) in [7, 11) is 3.51. The van der Waals surface area contributed by atoms with Gasteiger partial charge in [-0.1, -0.05) is 18.2 Å². The van der Waals surface area contributed by atoms with Gasteiger partial charge in [0.2, 0.25) is 0 Å². The minimum atomic E-state index is -0.341. The molecular weight excluding hydrogens is 309 g/mol. The van der Waals surface area contributed by atoms with Crippen LogP contribution in [0.4, 0.5) is 4.39 Å². The highest BCUT2D eigenvalue weighted by Gasteiger charge is 2.18. The molecule has 0 saturated heterocycles. The summed E-state index contributed by atoms with van der Waals surface area (Å²) < 4.78 is 18.9. The fraction of sp³-hybridized carbons (Fsp3) is 0.278. The zero-order chi connectivity index (χ0) is 17.1. The molecule has 0 amide bonds. The van der Waals surface area contributed by atoms with E-state index < -0.39 is 0 Å². The molecule has 6 heteroatoms. The molecule has 0 aliphatic rings. The van der Waals surface area contributed by atoms with Gasteiger partial charge in [-0.2, -0.15) is 0 Å². The average molecular weight is 329 g/mol. The minimum absolute atomic E-state index is 0.0303. The fourth-order valence-corrected chi connectivity index (χ4v) is 2.79. The number of nitrogens with one attached hydrogen (secondary N) is 1. The highest BCUT2D eigenvalue weighted by atomic mass is 19.1. The standard InChI is InChI=1S/C18H20FN3O2/c1-22(16(11-23)12-6-8-13(24-2)9-7-12)10-17-20-15-5-3-4-14(19)18(15)21-17/h3-9,16,23H,10-11H2,1-2H3,(H,20,21). The topological polar surface area (TPSA) is 61.4 Å². The number of fused-ring (bicyclic) bond motifs is 1. The number of H-pyrrole nitrogens is 1. The van der Waals surface area contributed by atoms with Gasteiger partial charge in [0, 0.05) is 0 Å². The van der Waals surface area contributed by atoms with Crippen LogP contribution in [0.5, 0.6) is 5.75 Å². The summed E-state index contributed by atoms with van der Waals surface area (Å²) in [4.78, 5) is 9.41. The number of likely N-dealkylation sites (N-methyl/N-ethyl adjacent to an activating group) is 1. The van der Waals surface area contributed by atoms with Crippen LogP contribution >= 0.6 is 0 Å². The smallest absolute Gasteiger partial charge is 0.151 e. The molecule has 0 saturated carbocycles. The number of aromatic nitrogens is 2. The number of aliphatic hydroxyl groups excluding tert-OH is 1. The first-order valence-electron chi connectivity index (χ1n) is 7.70. The van der Waals surface area contributed by atoms with Crippen molar-refractivity contribution in [3.05, 3.63) is 59.7 Å². The Morgan fingerprint density at radius 3 is 2.62 bits per heavy atom. The zero-order valence-electron chi connectivity index (χ0n) is 13.7. The van der Waals surface area contributed by atoms with E-state index in [1.807, 2.05) is 36.2 Å². The summed E-state index contributed by atoms with van der Waals surface area (Å²) in [5.41, 5.74) is 1.98. The van der Waals surface area contributed by atoms with E-state index in [4.69, 9.17) is 4.74 Å². The van der Waals surface area contributed by atoms with Crippen molar-refractivity contribution in [3.63, 3.8) is 0 Å². The van der Waals surface area contributed by atoms with E-state index in [1.54, 1.807) is 19.2 Å². The van der Waals surface area contributed by atoms with E-state index in [0.717, 1.165) is 11.3 Å². The largest absolute Gasteiger partial charge is 0.497 e. The first-order valence-corrected chi connectivity index (χ1v) is 7.70. The number of rotatable bonds is 6. The summed E-state index contributed by atoms with van der Waals surface area (Å²) in [5, 5.41) is 9.77. The van der Waals surface area contributed by atoms with E-state index in [-0.39, 0.29) is 18.5 Å². The Hall–Kier alpha value is -2.44. The summed E-state index contributed by atoms with van der Waals surface area (Å²) in [6.45, 7) is 0.433. The molecule has 0 spiro atoms. The molecule has 0 bridgehead atoms. The number of imidazole rings is 1. The molecule has 1 aromatic heterocycles. The number of halogens is 1. The number of hydrogen-bond donors (Lipinski definition) is 2. The number of aliphatic hydroxyl groups is 1. The van der Waals surface area contributed by atoms with Crippen molar-refractivity contribution in [1.82, 2.24) is 14.9 Å². The Morgan fingerprint density at radius 2 is 2.00 bits per heavy atom. The van der Waals surface area contributed by atoms with Crippen LogP contribution in [-0.4, -0.2) is 40.7 Å². The third-order valence-electron chi connectivity index (χ3n) is 4.12. The van der Waals surface area contributed by atoms with Crippen LogP contribution in [-0.2, 0) is 6.54 Å². The molecule has 0 aliphatic carbocycles. The summed E-state index contributed by atoms with van der Waals surface area (Å²) in [6.07, 6.45) is 0. The van der Waals surface area contributed by atoms with E-state index >= 15 is 0 Å². The van der Waals surface area contributed by atoms with E-state index in [0.29, 0.717) is 23.4 Å². The van der Waals surface area contributed by atoms with Crippen molar-refractivity contribution in [1.29, 1.82) is 0 Å². The second-order valence-electron chi connectivity index (χ2n) is 5.71. The number of hydrogen-bond acceptors (Lipinski definition) is 4. The van der Waals surface area contributed by atoms with Gasteiger partial charge in [0.1, 0.15) is 17.1 Å². The predicted octanol–water partition coefficient (Wildman–Crippen LogP) is 2.88. The number of benzene rings is 2. The SMILES string of the molecule is COc1ccc(C(CO)N(C)Cc2nc3c(F)cccc3[nH]2)cc1. The van der Waals surface area contributed by atoms with Gasteiger partial charge in [-0.15, -0.1) is 0 Å². The molecule has 0 fully saturated rings. The van der Waals surface area contributed by atoms with Crippen LogP contribution in [0.25, 0.3) is 11.0 Å². The average Bonchev–Trinajstić information content (AvgIpc) is 3.00. The molecule has 0 radical (unpaired) electrons. The Morgan fingerprint density at radius 1 is 1.25 bits per heavy atom. The number of nitrogens with zero attached hydrogens (tertiary/aromatic N) is 2. The Labute approximate surface area is 139 Å². The third-order valence-corrected chi connectivity index (χ3v) is 4.12. The van der Waals surface area contributed by atoms with Crippen LogP contribution in [0.1, 0.15) is 17.4 Å². The monoisotopic (exact) mass is 329 g/mol. The van der Waals surface area contributed by atoms with Gasteiger partial charge in [-0.25, -0.2) is 9.37 Å². The first kappa shape index (κ1) is 16.4. The van der Waals surface area contributed by atoms with E-state index in [9.17, 15) is 9.50 Å². The van der Waals surface area contributed by atoms with Crippen molar-refractivity contribution in [2.75, 3.05) is 20.8 Å². The van der Waals surface area contributed by atoms with Gasteiger partial charge < -0.3 is 14.8 Å². The molecule has 126 valence electrons. The molecule has 2 aromatic carbocycles. The lowest BCUT2D eigenvalue weighted by Crippen LogP contribution is -2.27. The Kier molecular flexibility index (Phi) is 4.78. The second-order valence-corrected chi connectivity index (χ2v) is 5.71. The summed E-state index contributed by atoms with van der Waals surface area (Å²) >= 11 is 0. The van der Waals surface area contributed by atoms with Crippen molar-refractivity contribution in [3.8, 4) is 5.75 Å². The zero-order valence-corrected chi connectivity index (χ0v) is 13.7. The van der Waals surface area contributed by atoms with Gasteiger partial charge in [-0.3, -0.25) is 4.90 Å². The molecular formula is C18H20FN3O2. The van der Waals surface area contributed by atoms with Gasteiger partial charge in [0.25, 0.3) is 0 Å². The molecule has 1 heterocycles. The number of ether oxygens (including phenoxy) is 1. The molecule has 24 heavy (non-hydrogen) atoms. The highest BCUT2D eigenvalue weighted by molar-refractivity contribution is 5.75. The number of aromatic amines is 1. The molecule has 3 aromatic rings. The lowest BCUT2D eigenvalue weighted by molar-refractivity contribution is 0.140.